The summed E-state index contributed by atoms with van der Waals surface area (Å²) >= 11 is 5.96. The van der Waals surface area contributed by atoms with Crippen molar-refractivity contribution in [1.82, 2.24) is 4.90 Å². The van der Waals surface area contributed by atoms with Crippen LogP contribution in [0, 0.1) is 18.7 Å². The molecule has 1 aliphatic heterocycles. The topological polar surface area (TPSA) is 80.5 Å². The van der Waals surface area contributed by atoms with Gasteiger partial charge in [0.05, 0.1) is 16.3 Å². The van der Waals surface area contributed by atoms with Gasteiger partial charge in [0.2, 0.25) is 10.0 Å². The number of piperidine rings is 1. The lowest BCUT2D eigenvalue weighted by Gasteiger charge is -2.32. The fourth-order valence-electron chi connectivity index (χ4n) is 2.71. The predicted octanol–water partition coefficient (Wildman–Crippen LogP) is 1.93. The molecular formula is C14H18ClFN2O3S. The Labute approximate surface area is 134 Å². The summed E-state index contributed by atoms with van der Waals surface area (Å²) in [5.41, 5.74) is 0.572. The Hall–Kier alpha value is -1.18. The van der Waals surface area contributed by atoms with Crippen molar-refractivity contribution in [3.8, 4) is 0 Å². The van der Waals surface area contributed by atoms with Crippen LogP contribution in [-0.4, -0.2) is 38.1 Å². The fraction of sp³-hybridized carbons (Fsp3) is 0.500. The maximum atomic E-state index is 13.4. The monoisotopic (exact) mass is 348 g/mol. The molecule has 8 heteroatoms. The number of hydrogen-bond donors (Lipinski definition) is 1. The number of benzene rings is 1. The van der Waals surface area contributed by atoms with Crippen molar-refractivity contribution < 1.29 is 17.6 Å². The molecule has 0 aromatic heterocycles. The molecule has 1 fully saturated rings. The van der Waals surface area contributed by atoms with E-state index in [1.165, 1.54) is 6.07 Å². The SMILES string of the molecule is Cc1cc(C(=O)N2CCC[C@H](CS(N)(=O)=O)C2)c(Cl)cc1F. The van der Waals surface area contributed by atoms with E-state index in [0.717, 1.165) is 6.07 Å². The Kier molecular flexibility index (Phi) is 5.09. The van der Waals surface area contributed by atoms with Crippen LogP contribution in [0.1, 0.15) is 28.8 Å². The highest BCUT2D eigenvalue weighted by atomic mass is 35.5. The number of carbonyl (C=O) groups excluding carboxylic acids is 1. The van der Waals surface area contributed by atoms with Gasteiger partial charge in [0.15, 0.2) is 0 Å². The highest BCUT2D eigenvalue weighted by Crippen LogP contribution is 2.25. The molecule has 0 spiro atoms. The predicted molar refractivity (Wildman–Crippen MR) is 82.7 cm³/mol. The minimum atomic E-state index is -3.57. The van der Waals surface area contributed by atoms with Gasteiger partial charge in [0, 0.05) is 13.1 Å². The average Bonchev–Trinajstić information content (AvgIpc) is 2.40. The quantitative estimate of drug-likeness (QED) is 0.906. The van der Waals surface area contributed by atoms with E-state index in [9.17, 15) is 17.6 Å². The van der Waals surface area contributed by atoms with Crippen LogP contribution in [0.25, 0.3) is 0 Å². The van der Waals surface area contributed by atoms with Gasteiger partial charge in [-0.15, -0.1) is 0 Å². The van der Waals surface area contributed by atoms with E-state index >= 15 is 0 Å². The number of rotatable bonds is 3. The van der Waals surface area contributed by atoms with E-state index in [-0.39, 0.29) is 28.2 Å². The summed E-state index contributed by atoms with van der Waals surface area (Å²) in [4.78, 5) is 14.1. The number of nitrogens with zero attached hydrogens (tertiary/aromatic N) is 1. The molecule has 2 rings (SSSR count). The highest BCUT2D eigenvalue weighted by Gasteiger charge is 2.28. The third-order valence-electron chi connectivity index (χ3n) is 3.75. The van der Waals surface area contributed by atoms with Crippen molar-refractivity contribution in [1.29, 1.82) is 0 Å². The first-order chi connectivity index (χ1) is 10.2. The van der Waals surface area contributed by atoms with Crippen molar-refractivity contribution >= 4 is 27.5 Å². The largest absolute Gasteiger partial charge is 0.338 e. The van der Waals surface area contributed by atoms with Crippen molar-refractivity contribution in [3.63, 3.8) is 0 Å². The Morgan fingerprint density at radius 1 is 1.50 bits per heavy atom. The molecule has 1 heterocycles. The minimum absolute atomic E-state index is 0.0571. The van der Waals surface area contributed by atoms with Gasteiger partial charge in [-0.25, -0.2) is 17.9 Å². The van der Waals surface area contributed by atoms with E-state index < -0.39 is 15.8 Å². The first-order valence-electron chi connectivity index (χ1n) is 6.93. The van der Waals surface area contributed by atoms with Crippen LogP contribution >= 0.6 is 11.6 Å². The molecule has 1 amide bonds. The zero-order valence-electron chi connectivity index (χ0n) is 12.2. The molecule has 5 nitrogen and oxygen atoms in total. The molecule has 1 aromatic carbocycles. The third kappa shape index (κ3) is 4.18. The highest BCUT2D eigenvalue weighted by molar-refractivity contribution is 7.89. The van der Waals surface area contributed by atoms with Crippen LogP contribution < -0.4 is 5.14 Å². The second kappa shape index (κ2) is 6.52. The summed E-state index contributed by atoms with van der Waals surface area (Å²) in [6.45, 7) is 2.39. The van der Waals surface area contributed by atoms with Crippen LogP contribution in [0.4, 0.5) is 4.39 Å². The van der Waals surface area contributed by atoms with Gasteiger partial charge in [0.1, 0.15) is 5.82 Å². The summed E-state index contributed by atoms with van der Waals surface area (Å²) < 4.78 is 35.8. The Bertz CT molecular complexity index is 694. The normalized spacial score (nSPS) is 19.3. The maximum Gasteiger partial charge on any atom is 0.255 e. The Morgan fingerprint density at radius 2 is 2.18 bits per heavy atom. The number of sulfonamides is 1. The van der Waals surface area contributed by atoms with E-state index in [0.29, 0.717) is 31.5 Å². The summed E-state index contributed by atoms with van der Waals surface area (Å²) in [6, 6.07) is 2.54. The molecule has 0 radical (unpaired) electrons. The number of halogens is 2. The van der Waals surface area contributed by atoms with Gasteiger partial charge >= 0.3 is 0 Å². The third-order valence-corrected chi connectivity index (χ3v) is 5.00. The minimum Gasteiger partial charge on any atom is -0.338 e. The first kappa shape index (κ1) is 17.2. The standard InChI is InChI=1S/C14H18ClFN2O3S/c1-9-5-11(12(15)6-13(9)16)14(19)18-4-2-3-10(7-18)8-22(17,20)21/h5-6,10H,2-4,7-8H2,1H3,(H2,17,20,21)/t10-/m0/s1. The van der Waals surface area contributed by atoms with Gasteiger partial charge in [-0.05, 0) is 43.4 Å². The zero-order valence-corrected chi connectivity index (χ0v) is 13.8. The Morgan fingerprint density at radius 3 is 2.82 bits per heavy atom. The fourth-order valence-corrected chi connectivity index (χ4v) is 3.87. The molecule has 2 N–H and O–H groups in total. The smallest absolute Gasteiger partial charge is 0.255 e. The maximum absolute atomic E-state index is 13.4. The molecule has 0 saturated carbocycles. The lowest BCUT2D eigenvalue weighted by atomic mass is 9.99. The van der Waals surface area contributed by atoms with Crippen molar-refractivity contribution in [3.05, 3.63) is 34.1 Å². The Balaban J connectivity index is 2.17. The summed E-state index contributed by atoms with van der Waals surface area (Å²) in [6.07, 6.45) is 1.40. The van der Waals surface area contributed by atoms with Crippen molar-refractivity contribution in [2.45, 2.75) is 19.8 Å². The summed E-state index contributed by atoms with van der Waals surface area (Å²) in [7, 11) is -3.57. The molecule has 1 saturated heterocycles. The van der Waals surface area contributed by atoms with Gasteiger partial charge in [-0.2, -0.15) is 0 Å². The van der Waals surface area contributed by atoms with Crippen LogP contribution in [0.2, 0.25) is 5.02 Å². The van der Waals surface area contributed by atoms with Gasteiger partial charge < -0.3 is 4.90 Å². The second-order valence-corrected chi connectivity index (χ2v) is 7.74. The van der Waals surface area contributed by atoms with Crippen LogP contribution in [0.15, 0.2) is 12.1 Å². The van der Waals surface area contributed by atoms with Crippen molar-refractivity contribution in [2.75, 3.05) is 18.8 Å². The molecular weight excluding hydrogens is 331 g/mol. The molecule has 1 atom stereocenters. The van der Waals surface area contributed by atoms with Gasteiger partial charge in [0.25, 0.3) is 5.91 Å². The number of carbonyl (C=O) groups is 1. The number of likely N-dealkylation sites (tertiary alicyclic amines) is 1. The average molecular weight is 349 g/mol. The number of hydrogen-bond acceptors (Lipinski definition) is 3. The number of amides is 1. The van der Waals surface area contributed by atoms with Gasteiger partial charge in [-0.3, -0.25) is 4.79 Å². The van der Waals surface area contributed by atoms with E-state index in [2.05, 4.69) is 0 Å². The molecule has 0 unspecified atom stereocenters. The number of nitrogens with two attached hydrogens (primary N) is 1. The van der Waals surface area contributed by atoms with Gasteiger partial charge in [-0.1, -0.05) is 11.6 Å². The summed E-state index contributed by atoms with van der Waals surface area (Å²) in [5.74, 6) is -1.11. The molecule has 1 aliphatic rings. The van der Waals surface area contributed by atoms with Crippen molar-refractivity contribution in [2.24, 2.45) is 11.1 Å². The molecule has 22 heavy (non-hydrogen) atoms. The second-order valence-electron chi connectivity index (χ2n) is 5.67. The molecule has 0 bridgehead atoms. The zero-order chi connectivity index (χ0) is 16.5. The molecule has 122 valence electrons. The van der Waals surface area contributed by atoms with E-state index in [1.54, 1.807) is 11.8 Å². The van der Waals surface area contributed by atoms with E-state index in [1.807, 2.05) is 0 Å². The van der Waals surface area contributed by atoms with E-state index in [4.69, 9.17) is 16.7 Å². The first-order valence-corrected chi connectivity index (χ1v) is 9.02. The lowest BCUT2D eigenvalue weighted by molar-refractivity contribution is 0.0684. The lowest BCUT2D eigenvalue weighted by Crippen LogP contribution is -2.42. The summed E-state index contributed by atoms with van der Waals surface area (Å²) in [5, 5.41) is 5.12. The number of primary sulfonamides is 1. The molecule has 1 aromatic rings. The van der Waals surface area contributed by atoms with Crippen LogP contribution in [0.5, 0.6) is 0 Å². The van der Waals surface area contributed by atoms with Crippen LogP contribution in [0.3, 0.4) is 0 Å². The molecule has 0 aliphatic carbocycles. The number of aryl methyl sites for hydroxylation is 1. The van der Waals surface area contributed by atoms with Crippen LogP contribution in [-0.2, 0) is 10.0 Å².